The van der Waals surface area contributed by atoms with Crippen molar-refractivity contribution in [2.75, 3.05) is 0 Å². The summed E-state index contributed by atoms with van der Waals surface area (Å²) in [6, 6.07) is 31.0. The molecule has 0 fully saturated rings. The van der Waals surface area contributed by atoms with Crippen molar-refractivity contribution in [1.29, 1.82) is 0 Å². The van der Waals surface area contributed by atoms with E-state index in [0.29, 0.717) is 13.3 Å². The topological polar surface area (TPSA) is 27.1 Å². The van der Waals surface area contributed by atoms with Crippen molar-refractivity contribution in [3.8, 4) is 0 Å². The van der Waals surface area contributed by atoms with Crippen LogP contribution in [0.25, 0.3) is 0 Å². The van der Waals surface area contributed by atoms with Crippen molar-refractivity contribution in [3.63, 3.8) is 0 Å². The third kappa shape index (κ3) is 5.32. The smallest absolute Gasteiger partial charge is 0.175 e. The van der Waals surface area contributed by atoms with Gasteiger partial charge in [-0.1, -0.05) is 90.3 Å². The number of nitrogens with zero attached hydrogens (tertiary/aromatic N) is 2. The summed E-state index contributed by atoms with van der Waals surface area (Å²) in [6.07, 6.45) is 0. The van der Waals surface area contributed by atoms with Gasteiger partial charge < -0.3 is 4.74 Å². The van der Waals surface area contributed by atoms with E-state index in [0.717, 1.165) is 20.8 Å². The number of ether oxygens (including phenoxy) is 1. The maximum absolute atomic E-state index is 6.07. The highest BCUT2D eigenvalue weighted by molar-refractivity contribution is 8.00. The van der Waals surface area contributed by atoms with Crippen LogP contribution in [0.15, 0.2) is 111 Å². The van der Waals surface area contributed by atoms with Gasteiger partial charge in [0.05, 0.1) is 12.3 Å². The summed E-state index contributed by atoms with van der Waals surface area (Å²) in [7, 11) is 0. The Hall–Kier alpha value is -2.47. The summed E-state index contributed by atoms with van der Waals surface area (Å²) in [6.45, 7) is 3.09. The van der Waals surface area contributed by atoms with Crippen LogP contribution in [0.5, 0.6) is 0 Å². The van der Waals surface area contributed by atoms with Gasteiger partial charge in [0.15, 0.2) is 5.16 Å². The monoisotopic (exact) mass is 418 g/mol. The normalized spacial score (nSPS) is 10.9. The zero-order chi connectivity index (χ0) is 19.9. The fourth-order valence-corrected chi connectivity index (χ4v) is 4.84. The third-order valence-corrected chi connectivity index (χ3v) is 6.51. The van der Waals surface area contributed by atoms with Gasteiger partial charge in [0.2, 0.25) is 0 Å². The highest BCUT2D eigenvalue weighted by atomic mass is 32.2. The second-order valence-electron chi connectivity index (χ2n) is 6.51. The second-order valence-corrected chi connectivity index (χ2v) is 8.61. The van der Waals surface area contributed by atoms with E-state index >= 15 is 0 Å². The molecule has 146 valence electrons. The lowest BCUT2D eigenvalue weighted by Gasteiger charge is -2.13. The molecule has 0 aliphatic rings. The van der Waals surface area contributed by atoms with E-state index in [-0.39, 0.29) is 0 Å². The minimum atomic E-state index is 0.458. The average Bonchev–Trinajstić information content (AvgIpc) is 3.04. The first-order chi connectivity index (χ1) is 14.3. The summed E-state index contributed by atoms with van der Waals surface area (Å²) in [5.41, 5.74) is 2.18. The molecule has 0 radical (unpaired) electrons. The van der Waals surface area contributed by atoms with Crippen LogP contribution in [0.3, 0.4) is 0 Å². The van der Waals surface area contributed by atoms with Gasteiger partial charge >= 0.3 is 0 Å². The first kappa shape index (κ1) is 19.8. The summed E-state index contributed by atoms with van der Waals surface area (Å²) in [5.74, 6) is 0. The molecular formula is C24H22N2OS2. The maximum atomic E-state index is 6.07. The summed E-state index contributed by atoms with van der Waals surface area (Å²) in [5, 5.41) is 2.06. The average molecular weight is 419 g/mol. The van der Waals surface area contributed by atoms with Crippen molar-refractivity contribution in [1.82, 2.24) is 9.55 Å². The van der Waals surface area contributed by atoms with Crippen LogP contribution in [0.4, 0.5) is 0 Å². The summed E-state index contributed by atoms with van der Waals surface area (Å²) < 4.78 is 8.25. The molecule has 0 N–H and O–H groups in total. The first-order valence-electron chi connectivity index (χ1n) is 9.44. The van der Waals surface area contributed by atoms with Gasteiger partial charge in [0, 0.05) is 9.79 Å². The lowest BCUT2D eigenvalue weighted by atomic mass is 10.2. The van der Waals surface area contributed by atoms with Crippen LogP contribution in [-0.2, 0) is 18.1 Å². The lowest BCUT2D eigenvalue weighted by Crippen LogP contribution is -2.06. The number of hydrogen-bond donors (Lipinski definition) is 0. The zero-order valence-corrected chi connectivity index (χ0v) is 17.8. The zero-order valence-electron chi connectivity index (χ0n) is 16.2. The van der Waals surface area contributed by atoms with E-state index in [1.54, 1.807) is 23.5 Å². The molecule has 4 rings (SSSR count). The summed E-state index contributed by atoms with van der Waals surface area (Å²) in [4.78, 5) is 7.21. The van der Waals surface area contributed by atoms with Crippen LogP contribution in [0.1, 0.15) is 11.3 Å². The highest BCUT2D eigenvalue weighted by Gasteiger charge is 2.17. The molecular weight excluding hydrogens is 396 g/mol. The Balaban J connectivity index is 1.59. The molecule has 3 aromatic carbocycles. The maximum Gasteiger partial charge on any atom is 0.175 e. The Bertz CT molecular complexity index is 1030. The molecule has 0 saturated carbocycles. The van der Waals surface area contributed by atoms with Gasteiger partial charge in [0.1, 0.15) is 11.8 Å². The summed E-state index contributed by atoms with van der Waals surface area (Å²) >= 11 is 3.39. The first-order valence-corrected chi connectivity index (χ1v) is 11.1. The molecule has 1 heterocycles. The molecule has 5 heteroatoms. The lowest BCUT2D eigenvalue weighted by molar-refractivity contribution is 0.0535. The van der Waals surface area contributed by atoms with Crippen molar-refractivity contribution >= 4 is 23.5 Å². The SMILES string of the molecule is Cc1nc(Sc2ccccc2)n(COCc2ccccc2)c1Sc1ccccc1. The minimum Gasteiger partial charge on any atom is -0.356 e. The van der Waals surface area contributed by atoms with E-state index in [2.05, 4.69) is 60.0 Å². The van der Waals surface area contributed by atoms with E-state index in [1.165, 1.54) is 10.5 Å². The van der Waals surface area contributed by atoms with Crippen LogP contribution in [0, 0.1) is 6.92 Å². The number of hydrogen-bond acceptors (Lipinski definition) is 4. The van der Waals surface area contributed by atoms with Crippen molar-refractivity contribution in [2.45, 2.75) is 40.2 Å². The Morgan fingerprint density at radius 1 is 0.759 bits per heavy atom. The fraction of sp³-hybridized carbons (Fsp3) is 0.125. The molecule has 0 bridgehead atoms. The predicted octanol–water partition coefficient (Wildman–Crippen LogP) is 6.67. The Morgan fingerprint density at radius 3 is 1.93 bits per heavy atom. The molecule has 0 amide bonds. The number of benzene rings is 3. The van der Waals surface area contributed by atoms with Crippen LogP contribution in [-0.4, -0.2) is 9.55 Å². The fourth-order valence-electron chi connectivity index (χ4n) is 2.88. The van der Waals surface area contributed by atoms with E-state index in [1.807, 2.05) is 42.5 Å². The van der Waals surface area contributed by atoms with Gasteiger partial charge in [-0.15, -0.1) is 0 Å². The molecule has 0 saturated heterocycles. The van der Waals surface area contributed by atoms with Crippen LogP contribution in [0.2, 0.25) is 0 Å². The number of rotatable bonds is 8. The van der Waals surface area contributed by atoms with Gasteiger partial charge in [-0.05, 0) is 36.8 Å². The molecule has 0 unspecified atom stereocenters. The number of imidazole rings is 1. The molecule has 0 aliphatic heterocycles. The molecule has 1 aromatic heterocycles. The van der Waals surface area contributed by atoms with Crippen molar-refractivity contribution < 1.29 is 4.74 Å². The minimum absolute atomic E-state index is 0.458. The Labute approximate surface area is 180 Å². The quantitative estimate of drug-likeness (QED) is 0.319. The predicted molar refractivity (Wildman–Crippen MR) is 119 cm³/mol. The number of aromatic nitrogens is 2. The Morgan fingerprint density at radius 2 is 1.31 bits per heavy atom. The van der Waals surface area contributed by atoms with E-state index in [4.69, 9.17) is 9.72 Å². The Kier molecular flexibility index (Phi) is 6.72. The molecule has 0 spiro atoms. The van der Waals surface area contributed by atoms with Crippen LogP contribution < -0.4 is 0 Å². The van der Waals surface area contributed by atoms with Gasteiger partial charge in [-0.25, -0.2) is 4.98 Å². The molecule has 4 aromatic rings. The van der Waals surface area contributed by atoms with Gasteiger partial charge in [-0.2, -0.15) is 0 Å². The highest BCUT2D eigenvalue weighted by Crippen LogP contribution is 2.36. The third-order valence-electron chi connectivity index (χ3n) is 4.29. The molecule has 29 heavy (non-hydrogen) atoms. The molecule has 0 aliphatic carbocycles. The molecule has 3 nitrogen and oxygen atoms in total. The van der Waals surface area contributed by atoms with Crippen molar-refractivity contribution in [3.05, 3.63) is 102 Å². The van der Waals surface area contributed by atoms with Crippen LogP contribution >= 0.6 is 23.5 Å². The van der Waals surface area contributed by atoms with Gasteiger partial charge in [-0.3, -0.25) is 4.57 Å². The van der Waals surface area contributed by atoms with E-state index in [9.17, 15) is 0 Å². The van der Waals surface area contributed by atoms with Gasteiger partial charge in [0.25, 0.3) is 0 Å². The second kappa shape index (κ2) is 9.83. The standard InChI is InChI=1S/C24H22N2OS2/c1-19-23(28-21-13-7-3-8-14-21)26(18-27-17-20-11-5-2-6-12-20)24(25-19)29-22-15-9-4-10-16-22/h2-16H,17-18H2,1H3. The van der Waals surface area contributed by atoms with E-state index < -0.39 is 0 Å². The molecule has 0 atom stereocenters. The van der Waals surface area contributed by atoms with Crippen molar-refractivity contribution in [2.24, 2.45) is 0 Å². The largest absolute Gasteiger partial charge is 0.356 e. The number of aryl methyl sites for hydroxylation is 1.